The number of aliphatic hydroxyl groups excluding tert-OH is 1. The van der Waals surface area contributed by atoms with Gasteiger partial charge in [-0.15, -0.1) is 0 Å². The minimum atomic E-state index is -0.174. The standard InChI is InChI=1S/C53H76N4O5.C2H6/c1-41-46(48-20-11-24-52(43(48)3)61-38-16-33-56-31-7-8-32-56)18-9-22-50(41)59-36-14-29-54(5)27-13-28-55(6)30-15-37-60-51-23-10-19-47(42(51)2)49-21-12-25-53(44(49)4)62-39-17-34-57-35-26-45(58)40-57;1-2/h9-12,18-25,45,58H,7-8,13-17,26-40H2,1-6H3;1-2H3. The van der Waals surface area contributed by atoms with Crippen LogP contribution in [0.25, 0.3) is 22.3 Å². The molecular formula is C55H82N4O5. The molecule has 0 radical (unpaired) electrons. The normalized spacial score (nSPS) is 15.5. The fraction of sp³-hybridized carbons (Fsp3) is 0.564. The molecule has 1 unspecified atom stereocenters. The summed E-state index contributed by atoms with van der Waals surface area (Å²) >= 11 is 0. The van der Waals surface area contributed by atoms with Crippen molar-refractivity contribution in [3.8, 4) is 45.3 Å². The summed E-state index contributed by atoms with van der Waals surface area (Å²) in [6.45, 7) is 25.9. The lowest BCUT2D eigenvalue weighted by Gasteiger charge is -2.21. The van der Waals surface area contributed by atoms with Crippen molar-refractivity contribution in [1.29, 1.82) is 0 Å². The van der Waals surface area contributed by atoms with Crippen molar-refractivity contribution in [3.63, 3.8) is 0 Å². The Morgan fingerprint density at radius 1 is 0.484 bits per heavy atom. The summed E-state index contributed by atoms with van der Waals surface area (Å²) in [5.41, 5.74) is 9.47. The van der Waals surface area contributed by atoms with E-state index >= 15 is 0 Å². The molecule has 1 atom stereocenters. The zero-order chi connectivity index (χ0) is 45.7. The van der Waals surface area contributed by atoms with Crippen molar-refractivity contribution in [2.75, 3.05) is 106 Å². The van der Waals surface area contributed by atoms with E-state index in [-0.39, 0.29) is 6.10 Å². The quantitative estimate of drug-likeness (QED) is 0.0621. The Balaban J connectivity index is 0.00000380. The minimum Gasteiger partial charge on any atom is -0.493 e. The topological polar surface area (TPSA) is 70.1 Å². The van der Waals surface area contributed by atoms with Gasteiger partial charge in [-0.2, -0.15) is 0 Å². The average molecular weight is 879 g/mol. The zero-order valence-corrected chi connectivity index (χ0v) is 40.9. The van der Waals surface area contributed by atoms with E-state index < -0.39 is 0 Å². The summed E-state index contributed by atoms with van der Waals surface area (Å²) in [6.07, 6.45) is 8.47. The molecule has 2 fully saturated rings. The van der Waals surface area contributed by atoms with Crippen LogP contribution in [0.1, 0.15) is 87.5 Å². The second-order valence-corrected chi connectivity index (χ2v) is 17.8. The van der Waals surface area contributed by atoms with E-state index in [0.717, 1.165) is 132 Å². The lowest BCUT2D eigenvalue weighted by Crippen LogP contribution is -2.28. The molecule has 2 heterocycles. The average Bonchev–Trinajstić information content (AvgIpc) is 3.99. The Morgan fingerprint density at radius 2 is 0.828 bits per heavy atom. The Morgan fingerprint density at radius 3 is 1.19 bits per heavy atom. The molecule has 9 nitrogen and oxygen atoms in total. The molecule has 64 heavy (non-hydrogen) atoms. The van der Waals surface area contributed by atoms with Gasteiger partial charge in [0.2, 0.25) is 0 Å². The Bertz CT molecular complexity index is 1970. The van der Waals surface area contributed by atoms with Gasteiger partial charge in [0.05, 0.1) is 32.5 Å². The number of hydrogen-bond acceptors (Lipinski definition) is 9. The van der Waals surface area contributed by atoms with Gasteiger partial charge < -0.3 is 43.7 Å². The SMILES string of the molecule is CC.Cc1c(OCCCN(C)CCCN(C)CCCOc2cccc(-c3cccc(OCCCN4CCC(O)C4)c3C)c2C)cccc1-c1cccc(OCCCN2CCCC2)c1C. The van der Waals surface area contributed by atoms with Crippen LogP contribution in [0.3, 0.4) is 0 Å². The second kappa shape index (κ2) is 27.4. The highest BCUT2D eigenvalue weighted by Gasteiger charge is 2.20. The summed E-state index contributed by atoms with van der Waals surface area (Å²) in [5.74, 6) is 3.82. The van der Waals surface area contributed by atoms with E-state index in [2.05, 4.69) is 134 Å². The first kappa shape index (κ1) is 50.9. The molecule has 4 aromatic rings. The van der Waals surface area contributed by atoms with Gasteiger partial charge in [0.15, 0.2) is 0 Å². The van der Waals surface area contributed by atoms with Crippen LogP contribution in [0.5, 0.6) is 23.0 Å². The largest absolute Gasteiger partial charge is 0.493 e. The predicted molar refractivity (Wildman–Crippen MR) is 267 cm³/mol. The van der Waals surface area contributed by atoms with Gasteiger partial charge >= 0.3 is 0 Å². The van der Waals surface area contributed by atoms with E-state index in [0.29, 0.717) is 19.8 Å². The van der Waals surface area contributed by atoms with Crippen LogP contribution in [0.2, 0.25) is 0 Å². The third kappa shape index (κ3) is 15.5. The molecule has 2 saturated heterocycles. The lowest BCUT2D eigenvalue weighted by atomic mass is 9.95. The Labute approximate surface area is 387 Å². The molecular weight excluding hydrogens is 797 g/mol. The number of benzene rings is 4. The third-order valence-corrected chi connectivity index (χ3v) is 12.9. The van der Waals surface area contributed by atoms with Gasteiger partial charge in [-0.3, -0.25) is 0 Å². The number of hydrogen-bond donors (Lipinski definition) is 1. The van der Waals surface area contributed by atoms with E-state index in [1.54, 1.807) is 0 Å². The molecule has 9 heteroatoms. The van der Waals surface area contributed by atoms with Crippen molar-refractivity contribution < 1.29 is 24.1 Å². The highest BCUT2D eigenvalue weighted by atomic mass is 16.5. The highest BCUT2D eigenvalue weighted by Crippen LogP contribution is 2.37. The number of ether oxygens (including phenoxy) is 4. The van der Waals surface area contributed by atoms with Gasteiger partial charge in [-0.25, -0.2) is 0 Å². The molecule has 4 aromatic carbocycles. The van der Waals surface area contributed by atoms with E-state index in [1.165, 1.54) is 59.3 Å². The van der Waals surface area contributed by atoms with Gasteiger partial charge in [-0.05, 0) is 188 Å². The molecule has 0 spiro atoms. The van der Waals surface area contributed by atoms with E-state index in [9.17, 15) is 5.11 Å². The van der Waals surface area contributed by atoms with Crippen molar-refractivity contribution >= 4 is 0 Å². The molecule has 6 rings (SSSR count). The van der Waals surface area contributed by atoms with Crippen LogP contribution >= 0.6 is 0 Å². The number of likely N-dealkylation sites (tertiary alicyclic amines) is 2. The molecule has 0 amide bonds. The number of rotatable bonds is 26. The van der Waals surface area contributed by atoms with Crippen LogP contribution in [-0.4, -0.2) is 137 Å². The number of aliphatic hydroxyl groups is 1. The van der Waals surface area contributed by atoms with Crippen molar-refractivity contribution in [2.45, 2.75) is 99.0 Å². The fourth-order valence-corrected chi connectivity index (χ4v) is 9.08. The second-order valence-electron chi connectivity index (χ2n) is 17.8. The molecule has 0 aromatic heterocycles. The van der Waals surface area contributed by atoms with Crippen molar-refractivity contribution in [1.82, 2.24) is 19.6 Å². The molecule has 0 bridgehead atoms. The maximum atomic E-state index is 9.80. The molecule has 0 saturated carbocycles. The first-order valence-corrected chi connectivity index (χ1v) is 24.6. The highest BCUT2D eigenvalue weighted by molar-refractivity contribution is 5.75. The smallest absolute Gasteiger partial charge is 0.122 e. The minimum absolute atomic E-state index is 0.174. The predicted octanol–water partition coefficient (Wildman–Crippen LogP) is 10.5. The van der Waals surface area contributed by atoms with E-state index in [4.69, 9.17) is 18.9 Å². The van der Waals surface area contributed by atoms with Gasteiger partial charge in [0.25, 0.3) is 0 Å². The molecule has 352 valence electrons. The van der Waals surface area contributed by atoms with Gasteiger partial charge in [0, 0.05) is 39.3 Å². The van der Waals surface area contributed by atoms with Gasteiger partial charge in [-0.1, -0.05) is 62.4 Å². The summed E-state index contributed by atoms with van der Waals surface area (Å²) in [7, 11) is 4.43. The van der Waals surface area contributed by atoms with Crippen LogP contribution in [0.15, 0.2) is 72.8 Å². The molecule has 2 aliphatic heterocycles. The fourth-order valence-electron chi connectivity index (χ4n) is 9.08. The van der Waals surface area contributed by atoms with Crippen molar-refractivity contribution in [3.05, 3.63) is 95.1 Å². The summed E-state index contributed by atoms with van der Waals surface area (Å²) < 4.78 is 25.2. The van der Waals surface area contributed by atoms with Crippen molar-refractivity contribution in [2.24, 2.45) is 0 Å². The van der Waals surface area contributed by atoms with E-state index in [1.807, 2.05) is 13.8 Å². The molecule has 0 aliphatic carbocycles. The number of nitrogens with zero attached hydrogens (tertiary/aromatic N) is 4. The first-order valence-electron chi connectivity index (χ1n) is 24.6. The van der Waals surface area contributed by atoms with Crippen LogP contribution in [0.4, 0.5) is 0 Å². The summed E-state index contributed by atoms with van der Waals surface area (Å²) in [6, 6.07) is 25.5. The van der Waals surface area contributed by atoms with Gasteiger partial charge in [0.1, 0.15) is 23.0 Å². The van der Waals surface area contributed by atoms with Crippen LogP contribution < -0.4 is 18.9 Å². The lowest BCUT2D eigenvalue weighted by molar-refractivity contribution is 0.173. The monoisotopic (exact) mass is 879 g/mol. The van der Waals surface area contributed by atoms with Crippen LogP contribution in [-0.2, 0) is 0 Å². The summed E-state index contributed by atoms with van der Waals surface area (Å²) in [4.78, 5) is 9.71. The third-order valence-electron chi connectivity index (χ3n) is 12.9. The van der Waals surface area contributed by atoms with Crippen LogP contribution in [0, 0.1) is 27.7 Å². The zero-order valence-electron chi connectivity index (χ0n) is 40.9. The Hall–Kier alpha value is -4.12. The Kier molecular flexibility index (Phi) is 21.8. The summed E-state index contributed by atoms with van der Waals surface area (Å²) in [5, 5.41) is 9.80. The maximum absolute atomic E-state index is 9.80. The maximum Gasteiger partial charge on any atom is 0.122 e. The number of β-amino-alcohol motifs (C(OH)–C–C–N with tert-alkyl or cyclic N) is 1. The first-order chi connectivity index (χ1) is 31.2. The molecule has 2 aliphatic rings. The molecule has 1 N–H and O–H groups in total.